The van der Waals surface area contributed by atoms with E-state index in [0.29, 0.717) is 21.8 Å². The summed E-state index contributed by atoms with van der Waals surface area (Å²) in [5.41, 5.74) is 3.53. The minimum atomic E-state index is -0.480. The van der Waals surface area contributed by atoms with E-state index in [4.69, 9.17) is 11.6 Å². The van der Waals surface area contributed by atoms with Crippen LogP contribution in [0.5, 0.6) is 0 Å². The van der Waals surface area contributed by atoms with Gasteiger partial charge in [-0.1, -0.05) is 78.3 Å². The number of para-hydroxylation sites is 2. The first-order chi connectivity index (χ1) is 21.5. The molecule has 0 aliphatic carbocycles. The van der Waals surface area contributed by atoms with Crippen LogP contribution in [0.4, 0.5) is 5.69 Å². The van der Waals surface area contributed by atoms with Crippen molar-refractivity contribution in [2.24, 2.45) is 0 Å². The number of fused-ring (bicyclic) bond motifs is 3. The summed E-state index contributed by atoms with van der Waals surface area (Å²) < 4.78 is 1.78. The summed E-state index contributed by atoms with van der Waals surface area (Å²) in [6, 6.07) is 38.7. The Labute approximate surface area is 263 Å². The average molecular weight is 616 g/mol. The van der Waals surface area contributed by atoms with E-state index >= 15 is 0 Å². The Morgan fingerprint density at radius 3 is 1.93 bits per heavy atom. The fourth-order valence-electron chi connectivity index (χ4n) is 4.90. The highest BCUT2D eigenvalue weighted by Crippen LogP contribution is 2.30. The summed E-state index contributed by atoms with van der Waals surface area (Å²) in [6.07, 6.45) is 1.59. The molecule has 0 fully saturated rings. The topological polar surface area (TPSA) is 80.2 Å². The van der Waals surface area contributed by atoms with Gasteiger partial charge in [-0.3, -0.25) is 19.0 Å². The molecule has 1 aromatic heterocycles. The summed E-state index contributed by atoms with van der Waals surface area (Å²) >= 11 is 7.44. The monoisotopic (exact) mass is 615 g/mol. The molecule has 0 saturated carbocycles. The molecule has 0 aliphatic rings. The molecule has 0 aliphatic heterocycles. The van der Waals surface area contributed by atoms with Crippen LogP contribution in [0.3, 0.4) is 0 Å². The van der Waals surface area contributed by atoms with Crippen LogP contribution >= 0.6 is 23.4 Å². The number of aromatic nitrogens is 1. The number of carbonyl (C=O) groups excluding carboxylic acids is 3. The quantitative estimate of drug-likeness (QED) is 0.133. The molecule has 8 heteroatoms. The molecule has 1 heterocycles. The third kappa shape index (κ3) is 6.44. The highest BCUT2D eigenvalue weighted by molar-refractivity contribution is 8.00. The molecule has 6 rings (SSSR count). The van der Waals surface area contributed by atoms with Gasteiger partial charge in [0, 0.05) is 31.9 Å². The zero-order valence-electron chi connectivity index (χ0n) is 23.4. The number of amides is 2. The molecule has 2 N–H and O–H groups in total. The van der Waals surface area contributed by atoms with E-state index in [2.05, 4.69) is 10.6 Å². The zero-order valence-corrected chi connectivity index (χ0v) is 24.9. The number of nitrogens with zero attached hydrogens (tertiary/aromatic N) is 1. The van der Waals surface area contributed by atoms with Crippen molar-refractivity contribution in [1.82, 2.24) is 9.88 Å². The molecule has 0 saturated heterocycles. The Morgan fingerprint density at radius 1 is 0.705 bits per heavy atom. The summed E-state index contributed by atoms with van der Waals surface area (Å²) in [5, 5.41) is 8.25. The molecular formula is C36H26ClN3O3S. The Balaban J connectivity index is 1.15. The van der Waals surface area contributed by atoms with E-state index in [1.807, 2.05) is 66.7 Å². The van der Waals surface area contributed by atoms with E-state index in [1.165, 1.54) is 11.8 Å². The zero-order chi connectivity index (χ0) is 30.5. The Kier molecular flexibility index (Phi) is 8.59. The largest absolute Gasteiger partial charge is 0.321 e. The van der Waals surface area contributed by atoms with Gasteiger partial charge in [-0.2, -0.15) is 0 Å². The predicted molar refractivity (Wildman–Crippen MR) is 179 cm³/mol. The van der Waals surface area contributed by atoms with Crippen molar-refractivity contribution >= 4 is 74.7 Å². The fraction of sp³-hybridized carbons (Fsp3) is 0.0278. The van der Waals surface area contributed by atoms with Gasteiger partial charge in [0.05, 0.1) is 16.8 Å². The van der Waals surface area contributed by atoms with Crippen LogP contribution < -0.4 is 10.6 Å². The Bertz CT molecular complexity index is 1970. The molecule has 0 radical (unpaired) electrons. The number of hydrogen-bond acceptors (Lipinski definition) is 4. The van der Waals surface area contributed by atoms with Crippen LogP contribution in [-0.4, -0.2) is 28.0 Å². The molecule has 5 aromatic carbocycles. The summed E-state index contributed by atoms with van der Waals surface area (Å²) in [7, 11) is 0. The Hall–Kier alpha value is -5.11. The highest BCUT2D eigenvalue weighted by atomic mass is 35.5. The van der Waals surface area contributed by atoms with Crippen LogP contribution in [0.1, 0.15) is 20.7 Å². The van der Waals surface area contributed by atoms with E-state index in [1.54, 1.807) is 71.3 Å². The van der Waals surface area contributed by atoms with Gasteiger partial charge in [0.25, 0.3) is 11.8 Å². The predicted octanol–water partition coefficient (Wildman–Crippen LogP) is 8.29. The minimum Gasteiger partial charge on any atom is -0.321 e. The third-order valence-corrected chi connectivity index (χ3v) is 8.26. The van der Waals surface area contributed by atoms with Crippen LogP contribution in [0.15, 0.2) is 138 Å². The Morgan fingerprint density at radius 2 is 1.30 bits per heavy atom. The van der Waals surface area contributed by atoms with Crippen molar-refractivity contribution in [3.63, 3.8) is 0 Å². The first-order valence-corrected chi connectivity index (χ1v) is 15.2. The van der Waals surface area contributed by atoms with Crippen molar-refractivity contribution in [3.8, 4) is 0 Å². The number of nitrogens with one attached hydrogen (secondary N) is 2. The standard InChI is InChI=1S/C36H26ClN3O3S/c37-26-16-14-24(15-17-26)22-31(39-35(42)25-8-2-1-3-9-25)36(43)38-27-18-20-28(21-19-27)44-23-34(41)40-32-12-6-4-10-29(32)30-11-5-7-13-33(30)40/h1-22H,23H2,(H,38,43)(H,39,42)/b31-22-. The van der Waals surface area contributed by atoms with Crippen LogP contribution in [-0.2, 0) is 4.79 Å². The van der Waals surface area contributed by atoms with Gasteiger partial charge in [0.1, 0.15) is 5.70 Å². The number of rotatable bonds is 8. The van der Waals surface area contributed by atoms with Crippen molar-refractivity contribution in [2.45, 2.75) is 4.90 Å². The number of hydrogen-bond donors (Lipinski definition) is 2. The van der Waals surface area contributed by atoms with E-state index in [0.717, 1.165) is 26.7 Å². The van der Waals surface area contributed by atoms with Crippen LogP contribution in [0.2, 0.25) is 5.02 Å². The minimum absolute atomic E-state index is 0.0177. The molecular weight excluding hydrogens is 590 g/mol. The smallest absolute Gasteiger partial charge is 0.272 e. The first kappa shape index (κ1) is 29.0. The summed E-state index contributed by atoms with van der Waals surface area (Å²) in [4.78, 5) is 40.5. The highest BCUT2D eigenvalue weighted by Gasteiger charge is 2.17. The molecule has 0 unspecified atom stereocenters. The van der Waals surface area contributed by atoms with Gasteiger partial charge in [-0.25, -0.2) is 0 Å². The molecule has 0 bridgehead atoms. The molecule has 44 heavy (non-hydrogen) atoms. The maximum Gasteiger partial charge on any atom is 0.272 e. The number of benzene rings is 5. The number of anilines is 1. The molecule has 2 amide bonds. The lowest BCUT2D eigenvalue weighted by Crippen LogP contribution is -2.30. The van der Waals surface area contributed by atoms with Crippen molar-refractivity contribution in [1.29, 1.82) is 0 Å². The SMILES string of the molecule is O=C(Nc1ccc(SCC(=O)n2c3ccccc3c3ccccc32)cc1)/C(=C/c1ccc(Cl)cc1)NC(=O)c1ccccc1. The van der Waals surface area contributed by atoms with Gasteiger partial charge >= 0.3 is 0 Å². The van der Waals surface area contributed by atoms with E-state index in [9.17, 15) is 14.4 Å². The maximum absolute atomic E-state index is 13.4. The van der Waals surface area contributed by atoms with Crippen molar-refractivity contribution in [3.05, 3.63) is 149 Å². The van der Waals surface area contributed by atoms with E-state index in [-0.39, 0.29) is 17.4 Å². The first-order valence-electron chi connectivity index (χ1n) is 13.9. The number of halogens is 1. The fourth-order valence-corrected chi connectivity index (χ4v) is 5.78. The second-order valence-corrected chi connectivity index (χ2v) is 11.4. The summed E-state index contributed by atoms with van der Waals surface area (Å²) in [5.74, 6) is -0.656. The molecule has 216 valence electrons. The third-order valence-electron chi connectivity index (χ3n) is 7.01. The van der Waals surface area contributed by atoms with Gasteiger partial charge in [-0.15, -0.1) is 11.8 Å². The van der Waals surface area contributed by atoms with Crippen molar-refractivity contribution in [2.75, 3.05) is 11.1 Å². The number of thioether (sulfide) groups is 1. The van der Waals surface area contributed by atoms with E-state index < -0.39 is 11.8 Å². The van der Waals surface area contributed by atoms with Gasteiger partial charge in [-0.05, 0) is 72.3 Å². The second kappa shape index (κ2) is 13.0. The van der Waals surface area contributed by atoms with Gasteiger partial charge in [0.2, 0.25) is 5.91 Å². The van der Waals surface area contributed by atoms with Crippen molar-refractivity contribution < 1.29 is 14.4 Å². The van der Waals surface area contributed by atoms with Crippen LogP contribution in [0, 0.1) is 0 Å². The summed E-state index contributed by atoms with van der Waals surface area (Å²) in [6.45, 7) is 0. The normalized spacial score (nSPS) is 11.4. The van der Waals surface area contributed by atoms with Gasteiger partial charge in [0.15, 0.2) is 0 Å². The maximum atomic E-state index is 13.4. The number of carbonyl (C=O) groups is 3. The molecule has 6 aromatic rings. The lowest BCUT2D eigenvalue weighted by Gasteiger charge is -2.12. The average Bonchev–Trinajstić information content (AvgIpc) is 3.40. The molecule has 0 spiro atoms. The lowest BCUT2D eigenvalue weighted by atomic mass is 10.1. The lowest BCUT2D eigenvalue weighted by molar-refractivity contribution is -0.113. The molecule has 6 nitrogen and oxygen atoms in total. The second-order valence-electron chi connectivity index (χ2n) is 9.96. The van der Waals surface area contributed by atoms with Gasteiger partial charge < -0.3 is 10.6 Å². The molecule has 0 atom stereocenters. The van der Waals surface area contributed by atoms with Crippen LogP contribution in [0.25, 0.3) is 27.9 Å².